The van der Waals surface area contributed by atoms with Crippen molar-refractivity contribution in [2.45, 2.75) is 52.1 Å². The number of nitrogens with zero attached hydrogens (tertiary/aromatic N) is 2. The van der Waals surface area contributed by atoms with Crippen molar-refractivity contribution < 1.29 is 4.57 Å². The Bertz CT molecular complexity index is 851. The van der Waals surface area contributed by atoms with Gasteiger partial charge in [0.05, 0.1) is 8.07 Å². The van der Waals surface area contributed by atoms with Crippen LogP contribution < -0.4 is 9.47 Å². The molecule has 26 heavy (non-hydrogen) atoms. The van der Waals surface area contributed by atoms with Gasteiger partial charge in [0.25, 0.3) is 0 Å². The minimum absolute atomic E-state index is 0.621. The van der Waals surface area contributed by atoms with E-state index in [-0.39, 0.29) is 0 Å². The Labute approximate surface area is 163 Å². The molecule has 1 unspecified atom stereocenters. The second-order valence-corrected chi connectivity index (χ2v) is 15.0. The Hall–Kier alpha value is -1.65. The molecule has 0 spiro atoms. The normalized spacial score (nSPS) is 13.1. The van der Waals surface area contributed by atoms with E-state index in [2.05, 4.69) is 97.6 Å². The van der Waals surface area contributed by atoms with Crippen LogP contribution in [0.15, 0.2) is 54.6 Å². The monoisotopic (exact) mass is 383 g/mol. The lowest BCUT2D eigenvalue weighted by Crippen LogP contribution is -2.50. The molecule has 1 aromatic heterocycles. The van der Waals surface area contributed by atoms with Crippen molar-refractivity contribution in [2.75, 3.05) is 11.4 Å². The first-order chi connectivity index (χ1) is 12.4. The van der Waals surface area contributed by atoms with Crippen LogP contribution in [0.3, 0.4) is 0 Å². The van der Waals surface area contributed by atoms with E-state index in [1.54, 1.807) is 0 Å². The molecule has 0 saturated carbocycles. The van der Waals surface area contributed by atoms with E-state index in [9.17, 15) is 0 Å². The molecule has 2 aromatic carbocycles. The number of para-hydroxylation sites is 2. The van der Waals surface area contributed by atoms with Gasteiger partial charge in [-0.15, -0.1) is 0 Å². The highest BCUT2D eigenvalue weighted by Gasteiger charge is 2.28. The van der Waals surface area contributed by atoms with Gasteiger partial charge in [-0.05, 0) is 25.1 Å². The Morgan fingerprint density at radius 3 is 2.35 bits per heavy atom. The van der Waals surface area contributed by atoms with E-state index in [1.165, 1.54) is 20.9 Å². The van der Waals surface area contributed by atoms with Crippen molar-refractivity contribution in [3.63, 3.8) is 0 Å². The van der Waals surface area contributed by atoms with E-state index in [4.69, 9.17) is 0 Å². The van der Waals surface area contributed by atoms with Gasteiger partial charge in [0.15, 0.2) is 6.54 Å². The SMILES string of the molecule is Cc1sc2ccccc2[n+]1CCCN(c1ccccc1)C(C)[Si](C)(C)C. The van der Waals surface area contributed by atoms with Crippen LogP contribution in [0.1, 0.15) is 18.4 Å². The lowest BCUT2D eigenvalue weighted by molar-refractivity contribution is -0.673. The topological polar surface area (TPSA) is 7.12 Å². The summed E-state index contributed by atoms with van der Waals surface area (Å²) in [5, 5.41) is 1.40. The van der Waals surface area contributed by atoms with Crippen molar-refractivity contribution in [2.24, 2.45) is 0 Å². The van der Waals surface area contributed by atoms with E-state index in [0.29, 0.717) is 5.67 Å². The minimum Gasteiger partial charge on any atom is -0.372 e. The zero-order valence-electron chi connectivity index (χ0n) is 16.7. The third-order valence-corrected chi connectivity index (χ3v) is 9.28. The Morgan fingerprint density at radius 2 is 1.65 bits per heavy atom. The molecule has 0 fully saturated rings. The summed E-state index contributed by atoms with van der Waals surface area (Å²) in [6.07, 6.45) is 1.16. The van der Waals surface area contributed by atoms with E-state index in [0.717, 1.165) is 19.5 Å². The molecule has 0 N–H and O–H groups in total. The maximum absolute atomic E-state index is 2.64. The molecule has 0 saturated heterocycles. The number of fused-ring (bicyclic) bond motifs is 1. The predicted octanol–water partition coefficient (Wildman–Crippen LogP) is 5.66. The van der Waals surface area contributed by atoms with Crippen molar-refractivity contribution in [3.8, 4) is 0 Å². The Morgan fingerprint density at radius 1 is 1.00 bits per heavy atom. The van der Waals surface area contributed by atoms with Gasteiger partial charge >= 0.3 is 0 Å². The molecular formula is C22H31N2SSi+. The van der Waals surface area contributed by atoms with Crippen LogP contribution in [-0.2, 0) is 6.54 Å². The first-order valence-corrected chi connectivity index (χ1v) is 14.0. The van der Waals surface area contributed by atoms with Crippen LogP contribution in [0.5, 0.6) is 0 Å². The summed E-state index contributed by atoms with van der Waals surface area (Å²) in [5.74, 6) is 0. The van der Waals surface area contributed by atoms with E-state index < -0.39 is 8.07 Å². The fourth-order valence-corrected chi connectivity index (χ4v) is 5.72. The quantitative estimate of drug-likeness (QED) is 0.377. The van der Waals surface area contributed by atoms with Crippen molar-refractivity contribution >= 4 is 35.3 Å². The maximum Gasteiger partial charge on any atom is 0.235 e. The summed E-state index contributed by atoms with van der Waals surface area (Å²) in [5.41, 5.74) is 3.36. The Balaban J connectivity index is 1.77. The standard InChI is InChI=1S/C22H31N2SSi/c1-18-23(21-14-9-10-15-22(21)25-18)16-11-17-24(19(2)26(3,4)5)20-12-7-6-8-13-20/h6-10,12-15,19H,11,16-17H2,1-5H3/q+1. The van der Waals surface area contributed by atoms with Crippen LogP contribution >= 0.6 is 11.3 Å². The lowest BCUT2D eigenvalue weighted by Gasteiger charge is -2.38. The number of anilines is 1. The highest BCUT2D eigenvalue weighted by molar-refractivity contribution is 7.18. The molecule has 1 atom stereocenters. The molecule has 0 bridgehead atoms. The second-order valence-electron chi connectivity index (χ2n) is 8.16. The Kier molecular flexibility index (Phi) is 5.83. The predicted molar refractivity (Wildman–Crippen MR) is 118 cm³/mol. The molecule has 0 aliphatic carbocycles. The van der Waals surface area contributed by atoms with Crippen molar-refractivity contribution in [1.82, 2.24) is 0 Å². The minimum atomic E-state index is -1.26. The molecule has 3 rings (SSSR count). The van der Waals surface area contributed by atoms with Gasteiger partial charge in [-0.1, -0.05) is 61.3 Å². The van der Waals surface area contributed by atoms with Crippen LogP contribution in [0.4, 0.5) is 5.69 Å². The van der Waals surface area contributed by atoms with Gasteiger partial charge in [-0.3, -0.25) is 0 Å². The number of hydrogen-bond acceptors (Lipinski definition) is 2. The highest BCUT2D eigenvalue weighted by atomic mass is 32.1. The fraction of sp³-hybridized carbons (Fsp3) is 0.409. The molecular weight excluding hydrogens is 352 g/mol. The molecule has 0 aliphatic heterocycles. The van der Waals surface area contributed by atoms with E-state index >= 15 is 0 Å². The number of rotatable bonds is 7. The number of hydrogen-bond donors (Lipinski definition) is 0. The van der Waals surface area contributed by atoms with Crippen LogP contribution in [0.2, 0.25) is 19.6 Å². The molecule has 3 aromatic rings. The van der Waals surface area contributed by atoms with Gasteiger partial charge in [-0.25, -0.2) is 0 Å². The molecule has 1 heterocycles. The summed E-state index contributed by atoms with van der Waals surface area (Å²) in [7, 11) is -1.26. The molecule has 0 aliphatic rings. The second kappa shape index (κ2) is 7.93. The number of thiazole rings is 1. The van der Waals surface area contributed by atoms with E-state index in [1.807, 2.05) is 11.3 Å². The molecule has 4 heteroatoms. The number of aryl methyl sites for hydroxylation is 2. The van der Waals surface area contributed by atoms with Crippen LogP contribution in [0.25, 0.3) is 10.2 Å². The summed E-state index contributed by atoms with van der Waals surface area (Å²) in [4.78, 5) is 2.64. The maximum atomic E-state index is 2.64. The van der Waals surface area contributed by atoms with Crippen molar-refractivity contribution in [3.05, 3.63) is 59.6 Å². The molecule has 138 valence electrons. The summed E-state index contributed by atoms with van der Waals surface area (Å²) in [6.45, 7) is 14.3. The number of benzene rings is 2. The fourth-order valence-electron chi connectivity index (χ4n) is 3.46. The first kappa shape index (κ1) is 19.1. The molecule has 0 radical (unpaired) electrons. The van der Waals surface area contributed by atoms with Gasteiger partial charge < -0.3 is 4.90 Å². The van der Waals surface area contributed by atoms with Crippen LogP contribution in [0, 0.1) is 6.92 Å². The van der Waals surface area contributed by atoms with Gasteiger partial charge in [0.2, 0.25) is 10.5 Å². The zero-order chi connectivity index (χ0) is 18.7. The molecule has 0 amide bonds. The van der Waals surface area contributed by atoms with Crippen molar-refractivity contribution in [1.29, 1.82) is 0 Å². The largest absolute Gasteiger partial charge is 0.372 e. The summed E-state index contributed by atoms with van der Waals surface area (Å²) in [6, 6.07) is 19.7. The molecule has 2 nitrogen and oxygen atoms in total. The average molecular weight is 384 g/mol. The third-order valence-electron chi connectivity index (χ3n) is 5.38. The first-order valence-electron chi connectivity index (χ1n) is 9.57. The van der Waals surface area contributed by atoms with Crippen LogP contribution in [-0.4, -0.2) is 20.3 Å². The lowest BCUT2D eigenvalue weighted by atomic mass is 10.2. The van der Waals surface area contributed by atoms with Gasteiger partial charge in [0.1, 0.15) is 4.70 Å². The summed E-state index contributed by atoms with van der Waals surface area (Å²) < 4.78 is 3.88. The number of aromatic nitrogens is 1. The van der Waals surface area contributed by atoms with Gasteiger partial charge in [0, 0.05) is 37.3 Å². The third kappa shape index (κ3) is 4.18. The summed E-state index contributed by atoms with van der Waals surface area (Å²) >= 11 is 1.90. The average Bonchev–Trinajstić information content (AvgIpc) is 2.93. The van der Waals surface area contributed by atoms with Gasteiger partial charge in [-0.2, -0.15) is 4.57 Å². The smallest absolute Gasteiger partial charge is 0.235 e. The highest BCUT2D eigenvalue weighted by Crippen LogP contribution is 2.23. The zero-order valence-corrected chi connectivity index (χ0v) is 18.5.